The second-order valence-electron chi connectivity index (χ2n) is 13.1. The van der Waals surface area contributed by atoms with Gasteiger partial charge >= 0.3 is 5.97 Å². The number of amides is 1. The smallest absolute Gasteiger partial charge is 0.306 e. The van der Waals surface area contributed by atoms with Crippen molar-refractivity contribution in [2.75, 3.05) is 0 Å². The highest BCUT2D eigenvalue weighted by atomic mass is 16.4. The minimum atomic E-state index is -0.757. The van der Waals surface area contributed by atoms with E-state index in [1.54, 1.807) is 0 Å². The van der Waals surface area contributed by atoms with Crippen LogP contribution < -0.4 is 5.73 Å². The van der Waals surface area contributed by atoms with Crippen LogP contribution in [0.3, 0.4) is 0 Å². The van der Waals surface area contributed by atoms with Gasteiger partial charge in [0, 0.05) is 5.92 Å². The number of primary amides is 1. The third-order valence-corrected chi connectivity index (χ3v) is 9.13. The van der Waals surface area contributed by atoms with E-state index in [1.807, 2.05) is 0 Å². The molecule has 0 aromatic carbocycles. The van der Waals surface area contributed by atoms with Crippen LogP contribution in [0.15, 0.2) is 0 Å². The maximum atomic E-state index is 12.1. The molecule has 3 N–H and O–H groups in total. The lowest BCUT2D eigenvalue weighted by molar-refractivity contribution is -0.143. The Morgan fingerprint density at radius 1 is 0.439 bits per heavy atom. The first kappa shape index (κ1) is 39.9. The Balaban J connectivity index is 3.78. The summed E-state index contributed by atoms with van der Waals surface area (Å²) in [5.74, 6) is -1.80. The average molecular weight is 580 g/mol. The van der Waals surface area contributed by atoms with Crippen molar-refractivity contribution in [1.82, 2.24) is 0 Å². The van der Waals surface area contributed by atoms with E-state index in [4.69, 9.17) is 5.73 Å². The van der Waals surface area contributed by atoms with Gasteiger partial charge in [-0.2, -0.15) is 0 Å². The van der Waals surface area contributed by atoms with Crippen molar-refractivity contribution < 1.29 is 14.7 Å². The van der Waals surface area contributed by atoms with Crippen molar-refractivity contribution in [3.8, 4) is 0 Å². The van der Waals surface area contributed by atoms with Gasteiger partial charge in [-0.25, -0.2) is 0 Å². The average Bonchev–Trinajstić information content (AvgIpc) is 2.95. The lowest BCUT2D eigenvalue weighted by Crippen LogP contribution is -2.28. The van der Waals surface area contributed by atoms with Crippen molar-refractivity contribution in [2.45, 2.75) is 213 Å². The van der Waals surface area contributed by atoms with Crippen LogP contribution in [0, 0.1) is 11.8 Å². The van der Waals surface area contributed by atoms with Gasteiger partial charge in [0.05, 0.1) is 5.92 Å². The molecule has 0 aromatic rings. The van der Waals surface area contributed by atoms with Crippen molar-refractivity contribution >= 4 is 11.9 Å². The molecule has 244 valence electrons. The summed E-state index contributed by atoms with van der Waals surface area (Å²) in [7, 11) is 0. The van der Waals surface area contributed by atoms with E-state index in [0.717, 1.165) is 32.1 Å². The Kier molecular flexibility index (Phi) is 31.0. The molecule has 41 heavy (non-hydrogen) atoms. The number of carbonyl (C=O) groups excluding carboxylic acids is 1. The van der Waals surface area contributed by atoms with Crippen LogP contribution in [-0.4, -0.2) is 17.0 Å². The number of carbonyl (C=O) groups is 2. The molecule has 0 bridgehead atoms. The molecule has 0 aromatic heterocycles. The number of unbranched alkanes of at least 4 members (excludes halogenated alkanes) is 26. The van der Waals surface area contributed by atoms with Crippen molar-refractivity contribution in [3.63, 3.8) is 0 Å². The fourth-order valence-corrected chi connectivity index (χ4v) is 6.23. The highest BCUT2D eigenvalue weighted by Crippen LogP contribution is 2.24. The summed E-state index contributed by atoms with van der Waals surface area (Å²) >= 11 is 0. The van der Waals surface area contributed by atoms with Crippen LogP contribution in [0.4, 0.5) is 0 Å². The van der Waals surface area contributed by atoms with E-state index < -0.39 is 11.9 Å². The fraction of sp³-hybridized carbons (Fsp3) is 0.946. The molecule has 0 saturated carbocycles. The molecule has 0 heterocycles. The highest BCUT2D eigenvalue weighted by molar-refractivity contribution is 5.78. The van der Waals surface area contributed by atoms with Gasteiger partial charge in [-0.05, 0) is 19.3 Å². The molecule has 1 amide bonds. The predicted molar refractivity (Wildman–Crippen MR) is 178 cm³/mol. The summed E-state index contributed by atoms with van der Waals surface area (Å²) in [6.07, 6.45) is 38.4. The Labute approximate surface area is 256 Å². The Bertz CT molecular complexity index is 516. The minimum Gasteiger partial charge on any atom is -0.481 e. The molecular weight excluding hydrogens is 506 g/mol. The minimum absolute atomic E-state index is 0.292. The molecule has 0 aliphatic carbocycles. The number of rotatable bonds is 34. The second kappa shape index (κ2) is 31.9. The van der Waals surface area contributed by atoms with E-state index in [0.29, 0.717) is 12.8 Å². The largest absolute Gasteiger partial charge is 0.481 e. The summed E-state index contributed by atoms with van der Waals surface area (Å²) in [5.41, 5.74) is 5.69. The SMILES string of the molecule is CCCCCCCCCCCCCCCCC(CC(CCCCCCCCCCCCCCCC)C(=O)O)C(N)=O. The number of aliphatic carboxylic acids is 1. The number of hydrogen-bond acceptors (Lipinski definition) is 2. The number of carboxylic acid groups (broad SMARTS) is 1. The number of carboxylic acids is 1. The molecule has 4 nitrogen and oxygen atoms in total. The Hall–Kier alpha value is -1.06. The topological polar surface area (TPSA) is 80.4 Å². The van der Waals surface area contributed by atoms with Gasteiger partial charge in [0.2, 0.25) is 5.91 Å². The quantitative estimate of drug-likeness (QED) is 0.0744. The molecule has 0 spiro atoms. The number of nitrogens with two attached hydrogens (primary N) is 1. The number of hydrogen-bond donors (Lipinski definition) is 2. The Morgan fingerprint density at radius 3 is 0.927 bits per heavy atom. The van der Waals surface area contributed by atoms with Gasteiger partial charge in [0.25, 0.3) is 0 Å². The second-order valence-corrected chi connectivity index (χ2v) is 13.1. The highest BCUT2D eigenvalue weighted by Gasteiger charge is 2.25. The zero-order valence-corrected chi connectivity index (χ0v) is 27.9. The molecule has 0 aliphatic rings. The van der Waals surface area contributed by atoms with Gasteiger partial charge in [0.1, 0.15) is 0 Å². The van der Waals surface area contributed by atoms with Crippen molar-refractivity contribution in [3.05, 3.63) is 0 Å². The normalized spacial score (nSPS) is 12.9. The van der Waals surface area contributed by atoms with Gasteiger partial charge in [-0.3, -0.25) is 9.59 Å². The molecule has 0 aliphatic heterocycles. The van der Waals surface area contributed by atoms with Gasteiger partial charge in [-0.15, -0.1) is 0 Å². The van der Waals surface area contributed by atoms with E-state index >= 15 is 0 Å². The van der Waals surface area contributed by atoms with E-state index in [-0.39, 0.29) is 11.8 Å². The van der Waals surface area contributed by atoms with Gasteiger partial charge < -0.3 is 10.8 Å². The van der Waals surface area contributed by atoms with Crippen LogP contribution in [0.25, 0.3) is 0 Å². The van der Waals surface area contributed by atoms with Gasteiger partial charge in [-0.1, -0.05) is 194 Å². The van der Waals surface area contributed by atoms with E-state index in [9.17, 15) is 14.7 Å². The molecule has 2 unspecified atom stereocenters. The fourth-order valence-electron chi connectivity index (χ4n) is 6.23. The summed E-state index contributed by atoms with van der Waals surface area (Å²) in [6.45, 7) is 4.54. The molecule has 0 radical (unpaired) electrons. The lowest BCUT2D eigenvalue weighted by atomic mass is 9.86. The maximum Gasteiger partial charge on any atom is 0.306 e. The third-order valence-electron chi connectivity index (χ3n) is 9.13. The first-order chi connectivity index (χ1) is 20.0. The lowest BCUT2D eigenvalue weighted by Gasteiger charge is -2.18. The zero-order chi connectivity index (χ0) is 30.2. The molecule has 0 saturated heterocycles. The van der Waals surface area contributed by atoms with Gasteiger partial charge in [0.15, 0.2) is 0 Å². The van der Waals surface area contributed by atoms with Crippen molar-refractivity contribution in [1.29, 1.82) is 0 Å². The summed E-state index contributed by atoms with van der Waals surface area (Å²) < 4.78 is 0. The molecule has 4 heteroatoms. The predicted octanol–water partition coefficient (Wildman–Crippen LogP) is 11.9. The first-order valence-corrected chi connectivity index (χ1v) is 18.5. The summed E-state index contributed by atoms with van der Waals surface area (Å²) in [6, 6.07) is 0. The van der Waals surface area contributed by atoms with Crippen LogP contribution >= 0.6 is 0 Å². The first-order valence-electron chi connectivity index (χ1n) is 18.5. The van der Waals surface area contributed by atoms with E-state index in [1.165, 1.54) is 154 Å². The zero-order valence-electron chi connectivity index (χ0n) is 27.9. The third kappa shape index (κ3) is 28.8. The van der Waals surface area contributed by atoms with Crippen LogP contribution in [0.2, 0.25) is 0 Å². The van der Waals surface area contributed by atoms with Crippen LogP contribution in [-0.2, 0) is 9.59 Å². The summed E-state index contributed by atoms with van der Waals surface area (Å²) in [4.78, 5) is 23.9. The standard InChI is InChI=1S/C37H73NO3/c1-3-5-7-9-11-13-15-17-19-21-23-25-27-29-31-34(36(38)39)33-35(37(40)41)32-30-28-26-24-22-20-18-16-14-12-10-8-6-4-2/h34-35H,3-33H2,1-2H3,(H2,38,39)(H,40,41). The molecule has 2 atom stereocenters. The molecule has 0 fully saturated rings. The Morgan fingerprint density at radius 2 is 0.683 bits per heavy atom. The maximum absolute atomic E-state index is 12.1. The van der Waals surface area contributed by atoms with Crippen LogP contribution in [0.1, 0.15) is 213 Å². The van der Waals surface area contributed by atoms with Crippen molar-refractivity contribution in [2.24, 2.45) is 17.6 Å². The molecular formula is C37H73NO3. The van der Waals surface area contributed by atoms with Crippen LogP contribution in [0.5, 0.6) is 0 Å². The van der Waals surface area contributed by atoms with E-state index in [2.05, 4.69) is 13.8 Å². The monoisotopic (exact) mass is 580 g/mol. The summed E-state index contributed by atoms with van der Waals surface area (Å²) in [5, 5.41) is 9.75. The molecule has 0 rings (SSSR count).